The van der Waals surface area contributed by atoms with Crippen molar-refractivity contribution in [2.24, 2.45) is 0 Å². The molecule has 3 aromatic heterocycles. The standard InChI is InChI=1S/C19H14N4O2/c1-19(2)12-8-14-15(9-13(12)23-18(19)24)25-17(22-14)11-5-7-21-16-10(11)4-3-6-20-16/h3-9H,1-2H3,(H,23,24). The molecule has 0 radical (unpaired) electrons. The largest absolute Gasteiger partial charge is 0.436 e. The number of rotatable bonds is 1. The molecule has 5 rings (SSSR count). The predicted molar refractivity (Wildman–Crippen MR) is 94.2 cm³/mol. The van der Waals surface area contributed by atoms with Gasteiger partial charge < -0.3 is 9.73 Å². The Morgan fingerprint density at radius 2 is 1.96 bits per heavy atom. The van der Waals surface area contributed by atoms with Crippen LogP contribution in [-0.2, 0) is 10.2 Å². The molecule has 0 saturated carbocycles. The summed E-state index contributed by atoms with van der Waals surface area (Å²) >= 11 is 0. The van der Waals surface area contributed by atoms with Crippen LogP contribution in [-0.4, -0.2) is 20.9 Å². The summed E-state index contributed by atoms with van der Waals surface area (Å²) in [6, 6.07) is 9.45. The molecule has 25 heavy (non-hydrogen) atoms. The van der Waals surface area contributed by atoms with E-state index < -0.39 is 5.41 Å². The zero-order valence-electron chi connectivity index (χ0n) is 13.7. The number of hydrogen-bond acceptors (Lipinski definition) is 5. The summed E-state index contributed by atoms with van der Waals surface area (Å²) in [7, 11) is 0. The first kappa shape index (κ1) is 14.1. The van der Waals surface area contributed by atoms with Crippen molar-refractivity contribution >= 4 is 33.7 Å². The molecule has 1 amide bonds. The minimum atomic E-state index is -0.573. The Hall–Kier alpha value is -3.28. The van der Waals surface area contributed by atoms with Crippen LogP contribution in [0.25, 0.3) is 33.6 Å². The number of aromatic nitrogens is 3. The van der Waals surface area contributed by atoms with Gasteiger partial charge in [0.25, 0.3) is 0 Å². The number of fused-ring (bicyclic) bond motifs is 3. The summed E-state index contributed by atoms with van der Waals surface area (Å²) in [4.78, 5) is 25.3. The highest BCUT2D eigenvalue weighted by Crippen LogP contribution is 2.40. The second-order valence-electron chi connectivity index (χ2n) is 6.70. The van der Waals surface area contributed by atoms with Gasteiger partial charge in [-0.1, -0.05) is 0 Å². The van der Waals surface area contributed by atoms with Gasteiger partial charge in [0.15, 0.2) is 11.2 Å². The molecular formula is C19H14N4O2. The zero-order valence-corrected chi connectivity index (χ0v) is 13.7. The van der Waals surface area contributed by atoms with E-state index in [0.29, 0.717) is 17.1 Å². The number of nitrogens with one attached hydrogen (secondary N) is 1. The molecule has 0 atom stereocenters. The van der Waals surface area contributed by atoms with E-state index in [4.69, 9.17) is 4.42 Å². The number of nitrogens with zero attached hydrogens (tertiary/aromatic N) is 3. The van der Waals surface area contributed by atoms with Crippen LogP contribution in [0.15, 0.2) is 47.1 Å². The average Bonchev–Trinajstić information content (AvgIpc) is 3.11. The molecule has 122 valence electrons. The molecule has 0 unspecified atom stereocenters. The maximum atomic E-state index is 12.1. The summed E-state index contributed by atoms with van der Waals surface area (Å²) in [5.41, 5.74) is 4.01. The number of carbonyl (C=O) groups excluding carboxylic acids is 1. The minimum absolute atomic E-state index is 0.0124. The Balaban J connectivity index is 1.73. The Kier molecular flexibility index (Phi) is 2.61. The van der Waals surface area contributed by atoms with Gasteiger partial charge in [-0.2, -0.15) is 0 Å². The number of benzene rings is 1. The lowest BCUT2D eigenvalue weighted by atomic mass is 9.86. The number of anilines is 1. The molecule has 4 heterocycles. The Morgan fingerprint density at radius 3 is 2.84 bits per heavy atom. The van der Waals surface area contributed by atoms with Crippen molar-refractivity contribution in [3.8, 4) is 11.5 Å². The first-order valence-electron chi connectivity index (χ1n) is 8.01. The third-order valence-corrected chi connectivity index (χ3v) is 4.76. The quantitative estimate of drug-likeness (QED) is 0.576. The number of pyridine rings is 2. The lowest BCUT2D eigenvalue weighted by Crippen LogP contribution is -2.26. The molecule has 1 aromatic carbocycles. The minimum Gasteiger partial charge on any atom is -0.436 e. The van der Waals surface area contributed by atoms with E-state index in [9.17, 15) is 4.79 Å². The van der Waals surface area contributed by atoms with Gasteiger partial charge in [0.2, 0.25) is 11.8 Å². The molecule has 1 N–H and O–H groups in total. The van der Waals surface area contributed by atoms with Gasteiger partial charge in [0.1, 0.15) is 5.52 Å². The summed E-state index contributed by atoms with van der Waals surface area (Å²) in [5, 5.41) is 3.80. The van der Waals surface area contributed by atoms with E-state index in [0.717, 1.165) is 27.7 Å². The molecule has 0 fully saturated rings. The Labute approximate surface area is 142 Å². The van der Waals surface area contributed by atoms with Gasteiger partial charge in [0.05, 0.1) is 5.41 Å². The fraction of sp³-hybridized carbons (Fsp3) is 0.158. The van der Waals surface area contributed by atoms with Crippen molar-refractivity contribution in [1.29, 1.82) is 0 Å². The Morgan fingerprint density at radius 1 is 1.12 bits per heavy atom. The summed E-state index contributed by atoms with van der Waals surface area (Å²) < 4.78 is 5.97. The summed E-state index contributed by atoms with van der Waals surface area (Å²) in [6.45, 7) is 3.81. The molecule has 0 saturated heterocycles. The fourth-order valence-corrected chi connectivity index (χ4v) is 3.28. The van der Waals surface area contributed by atoms with Gasteiger partial charge in [-0.05, 0) is 43.7 Å². The maximum absolute atomic E-state index is 12.1. The third kappa shape index (κ3) is 1.91. The van der Waals surface area contributed by atoms with E-state index in [1.165, 1.54) is 0 Å². The lowest BCUT2D eigenvalue weighted by Gasteiger charge is -2.14. The van der Waals surface area contributed by atoms with Crippen molar-refractivity contribution in [3.05, 3.63) is 48.3 Å². The fourth-order valence-electron chi connectivity index (χ4n) is 3.28. The highest BCUT2D eigenvalue weighted by atomic mass is 16.3. The number of carbonyl (C=O) groups is 1. The van der Waals surface area contributed by atoms with E-state index >= 15 is 0 Å². The van der Waals surface area contributed by atoms with Gasteiger partial charge in [-0.3, -0.25) is 4.79 Å². The van der Waals surface area contributed by atoms with E-state index in [2.05, 4.69) is 20.3 Å². The summed E-state index contributed by atoms with van der Waals surface area (Å²) in [5.74, 6) is 0.504. The smallest absolute Gasteiger partial charge is 0.234 e. The van der Waals surface area contributed by atoms with Crippen LogP contribution in [0.5, 0.6) is 0 Å². The maximum Gasteiger partial charge on any atom is 0.234 e. The molecule has 0 spiro atoms. The van der Waals surface area contributed by atoms with E-state index in [-0.39, 0.29) is 5.91 Å². The van der Waals surface area contributed by atoms with Gasteiger partial charge in [-0.25, -0.2) is 15.0 Å². The monoisotopic (exact) mass is 330 g/mol. The average molecular weight is 330 g/mol. The summed E-state index contributed by atoms with van der Waals surface area (Å²) in [6.07, 6.45) is 3.41. The normalized spacial score (nSPS) is 15.5. The highest BCUT2D eigenvalue weighted by molar-refractivity contribution is 6.07. The third-order valence-electron chi connectivity index (χ3n) is 4.76. The van der Waals surface area contributed by atoms with E-state index in [1.807, 2.05) is 44.2 Å². The molecule has 6 heteroatoms. The van der Waals surface area contributed by atoms with Crippen molar-refractivity contribution in [3.63, 3.8) is 0 Å². The first-order chi connectivity index (χ1) is 12.0. The van der Waals surface area contributed by atoms with Crippen molar-refractivity contribution in [2.75, 3.05) is 5.32 Å². The topological polar surface area (TPSA) is 80.9 Å². The number of hydrogen-bond donors (Lipinski definition) is 1. The van der Waals surface area contributed by atoms with Crippen LogP contribution in [0.3, 0.4) is 0 Å². The molecule has 1 aliphatic rings. The van der Waals surface area contributed by atoms with Crippen LogP contribution < -0.4 is 5.32 Å². The lowest BCUT2D eigenvalue weighted by molar-refractivity contribution is -0.119. The molecular weight excluding hydrogens is 316 g/mol. The van der Waals surface area contributed by atoms with Gasteiger partial charge in [-0.15, -0.1) is 0 Å². The van der Waals surface area contributed by atoms with Crippen molar-refractivity contribution < 1.29 is 9.21 Å². The van der Waals surface area contributed by atoms with E-state index in [1.54, 1.807) is 12.4 Å². The second kappa shape index (κ2) is 4.63. The first-order valence-corrected chi connectivity index (χ1v) is 8.01. The van der Waals surface area contributed by atoms with Crippen LogP contribution in [0.4, 0.5) is 5.69 Å². The van der Waals surface area contributed by atoms with Gasteiger partial charge >= 0.3 is 0 Å². The van der Waals surface area contributed by atoms with Crippen molar-refractivity contribution in [2.45, 2.75) is 19.3 Å². The van der Waals surface area contributed by atoms with Crippen LogP contribution in [0.1, 0.15) is 19.4 Å². The van der Waals surface area contributed by atoms with Crippen LogP contribution in [0.2, 0.25) is 0 Å². The van der Waals surface area contributed by atoms with Crippen LogP contribution >= 0.6 is 0 Å². The molecule has 0 aliphatic carbocycles. The molecule has 4 aromatic rings. The molecule has 1 aliphatic heterocycles. The second-order valence-corrected chi connectivity index (χ2v) is 6.70. The predicted octanol–water partition coefficient (Wildman–Crippen LogP) is 3.67. The number of oxazole rings is 1. The van der Waals surface area contributed by atoms with Crippen LogP contribution in [0, 0.1) is 0 Å². The highest BCUT2D eigenvalue weighted by Gasteiger charge is 2.39. The SMILES string of the molecule is CC1(C)C(=O)Nc2cc3oc(-c4ccnc5ncccc45)nc3cc21. The molecule has 0 bridgehead atoms. The Bertz CT molecular complexity index is 1170. The van der Waals surface area contributed by atoms with Crippen molar-refractivity contribution in [1.82, 2.24) is 15.0 Å². The number of amides is 1. The van der Waals surface area contributed by atoms with Gasteiger partial charge in [0, 0.05) is 35.1 Å². The molecule has 6 nitrogen and oxygen atoms in total. The zero-order chi connectivity index (χ0) is 17.2.